The van der Waals surface area contributed by atoms with Gasteiger partial charge in [-0.25, -0.2) is 14.2 Å². The fourth-order valence-corrected chi connectivity index (χ4v) is 3.55. The molecule has 0 aliphatic carbocycles. The van der Waals surface area contributed by atoms with Gasteiger partial charge < -0.3 is 5.11 Å². The Balaban J connectivity index is 2.42. The summed E-state index contributed by atoms with van der Waals surface area (Å²) in [6, 6.07) is 9.53. The lowest BCUT2D eigenvalue weighted by molar-refractivity contribution is 0.0691. The third-order valence-electron chi connectivity index (χ3n) is 4.44. The Labute approximate surface area is 178 Å². The summed E-state index contributed by atoms with van der Waals surface area (Å²) >= 11 is 12.2. The van der Waals surface area contributed by atoms with E-state index in [9.17, 15) is 14.3 Å². The van der Waals surface area contributed by atoms with Crippen molar-refractivity contribution in [2.24, 2.45) is 5.41 Å². The molecule has 4 nitrogen and oxygen atoms in total. The van der Waals surface area contributed by atoms with E-state index in [0.717, 1.165) is 5.56 Å². The molecular formula is C22H21Cl2FN2O2. The van der Waals surface area contributed by atoms with Crippen molar-refractivity contribution in [1.29, 1.82) is 0 Å². The van der Waals surface area contributed by atoms with Gasteiger partial charge >= 0.3 is 5.97 Å². The first kappa shape index (κ1) is 21.3. The summed E-state index contributed by atoms with van der Waals surface area (Å²) in [6.07, 6.45) is 0.522. The van der Waals surface area contributed by atoms with E-state index in [-0.39, 0.29) is 16.1 Å². The number of halogens is 3. The number of hydrogen-bond donors (Lipinski definition) is 1. The summed E-state index contributed by atoms with van der Waals surface area (Å²) in [4.78, 5) is 16.5. The molecule has 7 heteroatoms. The Morgan fingerprint density at radius 2 is 1.86 bits per heavy atom. The van der Waals surface area contributed by atoms with Gasteiger partial charge in [0.05, 0.1) is 16.4 Å². The van der Waals surface area contributed by atoms with Gasteiger partial charge in [-0.2, -0.15) is 0 Å². The first-order valence-corrected chi connectivity index (χ1v) is 9.80. The molecule has 0 atom stereocenters. The molecule has 152 valence electrons. The number of carbonyl (C=O) groups is 1. The maximum absolute atomic E-state index is 13.8. The van der Waals surface area contributed by atoms with Gasteiger partial charge in [0.1, 0.15) is 11.6 Å². The van der Waals surface area contributed by atoms with Gasteiger partial charge in [-0.1, -0.05) is 50.0 Å². The van der Waals surface area contributed by atoms with Gasteiger partial charge in [0.25, 0.3) is 0 Å². The summed E-state index contributed by atoms with van der Waals surface area (Å²) in [5.41, 5.74) is 2.14. The topological polar surface area (TPSA) is 55.1 Å². The molecular weight excluding hydrogens is 414 g/mol. The molecule has 1 N–H and O–H groups in total. The number of benzene rings is 2. The van der Waals surface area contributed by atoms with Crippen molar-refractivity contribution in [2.75, 3.05) is 0 Å². The van der Waals surface area contributed by atoms with E-state index in [4.69, 9.17) is 23.2 Å². The quantitative estimate of drug-likeness (QED) is 0.504. The molecule has 0 radical (unpaired) electrons. The lowest BCUT2D eigenvalue weighted by Crippen LogP contribution is -2.14. The highest BCUT2D eigenvalue weighted by molar-refractivity contribution is 6.31. The first-order valence-electron chi connectivity index (χ1n) is 9.05. The van der Waals surface area contributed by atoms with Crippen LogP contribution in [0.15, 0.2) is 36.4 Å². The van der Waals surface area contributed by atoms with Crippen molar-refractivity contribution in [2.45, 2.75) is 34.1 Å². The highest BCUT2D eigenvalue weighted by atomic mass is 35.5. The van der Waals surface area contributed by atoms with E-state index < -0.39 is 11.8 Å². The molecule has 0 bridgehead atoms. The molecule has 3 aromatic rings. The number of imidazole rings is 1. The minimum Gasteiger partial charge on any atom is -0.476 e. The van der Waals surface area contributed by atoms with Gasteiger partial charge in [-0.15, -0.1) is 0 Å². The Kier molecular flexibility index (Phi) is 5.74. The summed E-state index contributed by atoms with van der Waals surface area (Å²) < 4.78 is 15.5. The van der Waals surface area contributed by atoms with Crippen LogP contribution in [0, 0.1) is 18.2 Å². The molecule has 0 saturated carbocycles. The van der Waals surface area contributed by atoms with Crippen LogP contribution in [0.2, 0.25) is 10.0 Å². The Morgan fingerprint density at radius 1 is 1.17 bits per heavy atom. The number of rotatable bonds is 4. The minimum absolute atomic E-state index is 0.0909. The van der Waals surface area contributed by atoms with Gasteiger partial charge in [-0.3, -0.25) is 4.57 Å². The van der Waals surface area contributed by atoms with Crippen LogP contribution in [0.4, 0.5) is 4.39 Å². The lowest BCUT2D eigenvalue weighted by atomic mass is 9.92. The second-order valence-corrected chi connectivity index (χ2v) is 9.01. The fraction of sp³-hybridized carbons (Fsp3) is 0.273. The maximum atomic E-state index is 13.8. The van der Waals surface area contributed by atoms with Crippen molar-refractivity contribution in [3.63, 3.8) is 0 Å². The lowest BCUT2D eigenvalue weighted by Gasteiger charge is -2.21. The van der Waals surface area contributed by atoms with Crippen LogP contribution in [0.3, 0.4) is 0 Å². The van der Waals surface area contributed by atoms with E-state index in [1.165, 1.54) is 18.2 Å². The zero-order valence-corrected chi connectivity index (χ0v) is 18.1. The largest absolute Gasteiger partial charge is 0.476 e. The molecule has 2 aromatic carbocycles. The van der Waals surface area contributed by atoms with Gasteiger partial charge in [0.15, 0.2) is 5.69 Å². The first-order chi connectivity index (χ1) is 13.5. The number of aromatic carboxylic acids is 1. The molecule has 3 rings (SSSR count). The highest BCUT2D eigenvalue weighted by Crippen LogP contribution is 2.35. The molecule has 0 aliphatic rings. The number of carboxylic acids is 1. The molecule has 0 unspecified atom stereocenters. The van der Waals surface area contributed by atoms with Crippen molar-refractivity contribution < 1.29 is 14.3 Å². The van der Waals surface area contributed by atoms with Gasteiger partial charge in [0, 0.05) is 17.0 Å². The van der Waals surface area contributed by atoms with E-state index in [2.05, 4.69) is 4.98 Å². The molecule has 29 heavy (non-hydrogen) atoms. The van der Waals surface area contributed by atoms with Crippen LogP contribution in [0.5, 0.6) is 0 Å². The second kappa shape index (κ2) is 7.81. The number of aromatic nitrogens is 2. The minimum atomic E-state index is -1.17. The number of nitrogens with zero attached hydrogens (tertiary/aromatic N) is 2. The number of hydrogen-bond acceptors (Lipinski definition) is 2. The summed E-state index contributed by atoms with van der Waals surface area (Å²) in [5, 5.41) is 10.3. The predicted molar refractivity (Wildman–Crippen MR) is 114 cm³/mol. The molecule has 0 spiro atoms. The highest BCUT2D eigenvalue weighted by Gasteiger charge is 2.28. The van der Waals surface area contributed by atoms with Crippen molar-refractivity contribution in [3.05, 3.63) is 69.3 Å². The summed E-state index contributed by atoms with van der Waals surface area (Å²) in [7, 11) is 0. The molecule has 1 aromatic heterocycles. The molecule has 0 aliphatic heterocycles. The van der Waals surface area contributed by atoms with E-state index in [1.54, 1.807) is 16.7 Å². The number of carboxylic acid groups (broad SMARTS) is 1. The van der Waals surface area contributed by atoms with Crippen LogP contribution in [-0.4, -0.2) is 20.6 Å². The number of aryl methyl sites for hydroxylation is 1. The zero-order chi connectivity index (χ0) is 21.5. The van der Waals surface area contributed by atoms with E-state index in [1.807, 2.05) is 33.8 Å². The monoisotopic (exact) mass is 434 g/mol. The van der Waals surface area contributed by atoms with Crippen molar-refractivity contribution in [1.82, 2.24) is 9.55 Å². The van der Waals surface area contributed by atoms with Crippen LogP contribution >= 0.6 is 23.2 Å². The van der Waals surface area contributed by atoms with Gasteiger partial charge in [0.2, 0.25) is 0 Å². The smallest absolute Gasteiger partial charge is 0.356 e. The summed E-state index contributed by atoms with van der Waals surface area (Å²) in [5.74, 6) is -1.17. The Morgan fingerprint density at radius 3 is 2.45 bits per heavy atom. The third-order valence-corrected chi connectivity index (χ3v) is 4.97. The Bertz CT molecular complexity index is 1100. The van der Waals surface area contributed by atoms with Crippen LogP contribution < -0.4 is 0 Å². The molecule has 1 heterocycles. The standard InChI is InChI=1S/C22H21Cl2FN2O2/c1-12-5-7-14(23)10-17(12)27-18(11-22(2,3)4)26-19(21(28)29)20(27)13-6-8-16(25)15(24)9-13/h5-10H,11H2,1-4H3,(H,28,29). The maximum Gasteiger partial charge on any atom is 0.356 e. The van der Waals surface area contributed by atoms with Crippen LogP contribution in [0.25, 0.3) is 16.9 Å². The third kappa shape index (κ3) is 4.46. The summed E-state index contributed by atoms with van der Waals surface area (Å²) in [6.45, 7) is 8.05. The van der Waals surface area contributed by atoms with E-state index in [0.29, 0.717) is 34.2 Å². The second-order valence-electron chi connectivity index (χ2n) is 8.16. The van der Waals surface area contributed by atoms with Crippen molar-refractivity contribution in [3.8, 4) is 16.9 Å². The average Bonchev–Trinajstić information content (AvgIpc) is 2.97. The SMILES string of the molecule is Cc1ccc(Cl)cc1-n1c(CC(C)(C)C)nc(C(=O)O)c1-c1ccc(F)c(Cl)c1. The fourth-order valence-electron chi connectivity index (χ4n) is 3.20. The average molecular weight is 435 g/mol. The molecule has 0 amide bonds. The van der Waals surface area contributed by atoms with Gasteiger partial charge in [-0.05, 0) is 48.2 Å². The van der Waals surface area contributed by atoms with Crippen molar-refractivity contribution >= 4 is 29.2 Å². The van der Waals surface area contributed by atoms with Crippen LogP contribution in [-0.2, 0) is 6.42 Å². The van der Waals surface area contributed by atoms with Crippen LogP contribution in [0.1, 0.15) is 42.6 Å². The zero-order valence-electron chi connectivity index (χ0n) is 16.6. The molecule has 0 fully saturated rings. The predicted octanol–water partition coefficient (Wildman–Crippen LogP) is 6.58. The Hall–Kier alpha value is -2.37. The normalized spacial score (nSPS) is 11.7. The molecule has 0 saturated heterocycles. The van der Waals surface area contributed by atoms with E-state index >= 15 is 0 Å².